The maximum Gasteiger partial charge on any atom is 0.265 e. The summed E-state index contributed by atoms with van der Waals surface area (Å²) in [6.45, 7) is 6.99. The van der Waals surface area contributed by atoms with Crippen LogP contribution in [0.3, 0.4) is 0 Å². The molecule has 0 atom stereocenters. The van der Waals surface area contributed by atoms with Crippen molar-refractivity contribution >= 4 is 54.6 Å². The summed E-state index contributed by atoms with van der Waals surface area (Å²) in [5.41, 5.74) is 2.39. The average molecular weight is 578 g/mol. The third-order valence-corrected chi connectivity index (χ3v) is 9.80. The van der Waals surface area contributed by atoms with E-state index >= 15 is 0 Å². The van der Waals surface area contributed by atoms with Crippen LogP contribution in [0.2, 0.25) is 0 Å². The van der Waals surface area contributed by atoms with Gasteiger partial charge in [0.15, 0.2) is 5.13 Å². The number of ether oxygens (including phenoxy) is 1. The molecule has 0 saturated carbocycles. The van der Waals surface area contributed by atoms with Crippen molar-refractivity contribution in [2.75, 3.05) is 68.0 Å². The molecule has 0 bridgehead atoms. The fourth-order valence-electron chi connectivity index (χ4n) is 5.35. The first-order chi connectivity index (χ1) is 19.5. The maximum atomic E-state index is 12.9. The van der Waals surface area contributed by atoms with E-state index in [-0.39, 0.29) is 5.91 Å². The standard InChI is InChI=1S/C30H35N5O3S2/c36-27(25-20-26-28(39-25)33-29(40-26)31-12-15-34-16-18-38-19-17-34)32-23-6-8-24(9-7-23)35-13-10-30(37,11-14-35)21-22-4-2-1-3-5-22/h1-9,20,37H,10-19,21H2,(H,31,33)(H,32,36). The first-order valence-electron chi connectivity index (χ1n) is 13.9. The molecule has 0 spiro atoms. The number of nitrogens with zero attached hydrogens (tertiary/aromatic N) is 3. The topological polar surface area (TPSA) is 90.0 Å². The van der Waals surface area contributed by atoms with E-state index in [9.17, 15) is 9.90 Å². The normalized spacial score (nSPS) is 17.7. The van der Waals surface area contributed by atoms with Gasteiger partial charge in [0.2, 0.25) is 0 Å². The van der Waals surface area contributed by atoms with Crippen molar-refractivity contribution in [1.29, 1.82) is 0 Å². The lowest BCUT2D eigenvalue weighted by Crippen LogP contribution is -2.45. The van der Waals surface area contributed by atoms with E-state index in [2.05, 4.69) is 37.6 Å². The number of carbonyl (C=O) groups is 1. The van der Waals surface area contributed by atoms with Gasteiger partial charge in [-0.2, -0.15) is 0 Å². The first kappa shape index (κ1) is 27.2. The van der Waals surface area contributed by atoms with Gasteiger partial charge >= 0.3 is 0 Å². The number of benzene rings is 2. The smallest absolute Gasteiger partial charge is 0.265 e. The van der Waals surface area contributed by atoms with Gasteiger partial charge in [0.25, 0.3) is 5.91 Å². The number of piperidine rings is 1. The Morgan fingerprint density at radius 3 is 2.48 bits per heavy atom. The van der Waals surface area contributed by atoms with E-state index in [1.54, 1.807) is 11.3 Å². The fourth-order valence-corrected chi connectivity index (χ4v) is 7.39. The molecule has 3 N–H and O–H groups in total. The first-order valence-corrected chi connectivity index (χ1v) is 15.5. The van der Waals surface area contributed by atoms with E-state index in [1.807, 2.05) is 48.5 Å². The molecule has 4 aromatic rings. The van der Waals surface area contributed by atoms with Crippen molar-refractivity contribution in [2.45, 2.75) is 24.9 Å². The van der Waals surface area contributed by atoms with Gasteiger partial charge in [0.1, 0.15) is 4.83 Å². The van der Waals surface area contributed by atoms with Gasteiger partial charge in [-0.3, -0.25) is 9.69 Å². The number of morpholine rings is 1. The summed E-state index contributed by atoms with van der Waals surface area (Å²) in [6, 6.07) is 20.1. The second kappa shape index (κ2) is 12.2. The number of hydrogen-bond acceptors (Lipinski definition) is 9. The van der Waals surface area contributed by atoms with Crippen molar-refractivity contribution < 1.29 is 14.6 Å². The zero-order valence-electron chi connectivity index (χ0n) is 22.5. The number of thiophene rings is 1. The van der Waals surface area contributed by atoms with Crippen LogP contribution < -0.4 is 15.5 Å². The molecule has 2 aromatic heterocycles. The molecule has 2 saturated heterocycles. The molecule has 210 valence electrons. The molecular formula is C30H35N5O3S2. The minimum atomic E-state index is -0.658. The summed E-state index contributed by atoms with van der Waals surface area (Å²) in [7, 11) is 0. The van der Waals surface area contributed by atoms with E-state index in [0.29, 0.717) is 11.3 Å². The molecule has 0 radical (unpaired) electrons. The van der Waals surface area contributed by atoms with Crippen LogP contribution in [-0.4, -0.2) is 79.0 Å². The lowest BCUT2D eigenvalue weighted by molar-refractivity contribution is 0.0165. The van der Waals surface area contributed by atoms with E-state index in [0.717, 1.165) is 91.4 Å². The molecule has 4 heterocycles. The molecule has 2 aliphatic heterocycles. The van der Waals surface area contributed by atoms with Crippen LogP contribution >= 0.6 is 22.7 Å². The van der Waals surface area contributed by atoms with Gasteiger partial charge in [0, 0.05) is 57.1 Å². The zero-order chi connectivity index (χ0) is 27.4. The van der Waals surface area contributed by atoms with E-state index in [1.165, 1.54) is 16.9 Å². The van der Waals surface area contributed by atoms with Crippen LogP contribution in [0.1, 0.15) is 28.1 Å². The van der Waals surface area contributed by atoms with E-state index in [4.69, 9.17) is 4.74 Å². The van der Waals surface area contributed by atoms with Crippen molar-refractivity contribution in [3.63, 3.8) is 0 Å². The van der Waals surface area contributed by atoms with Crippen LogP contribution in [0.5, 0.6) is 0 Å². The molecule has 2 fully saturated rings. The quantitative estimate of drug-likeness (QED) is 0.260. The fraction of sp³-hybridized carbons (Fsp3) is 0.400. The SMILES string of the molecule is O=C(Nc1ccc(N2CCC(O)(Cc3ccccc3)CC2)cc1)c1cc2sc(NCCN3CCOCC3)nc2s1. The summed E-state index contributed by atoms with van der Waals surface area (Å²) in [4.78, 5) is 23.8. The second-order valence-electron chi connectivity index (χ2n) is 10.6. The molecule has 0 unspecified atom stereocenters. The average Bonchev–Trinajstić information content (AvgIpc) is 3.54. The zero-order valence-corrected chi connectivity index (χ0v) is 24.1. The maximum absolute atomic E-state index is 12.9. The molecule has 1 amide bonds. The Hall–Kier alpha value is -3.02. The number of anilines is 3. The Bertz CT molecular complexity index is 1380. The third-order valence-electron chi connectivity index (χ3n) is 7.68. The Morgan fingerprint density at radius 2 is 1.75 bits per heavy atom. The van der Waals surface area contributed by atoms with Crippen LogP contribution in [0.4, 0.5) is 16.5 Å². The number of hydrogen-bond donors (Lipinski definition) is 3. The highest BCUT2D eigenvalue weighted by Gasteiger charge is 2.32. The van der Waals surface area contributed by atoms with Gasteiger partial charge < -0.3 is 25.4 Å². The number of rotatable bonds is 9. The largest absolute Gasteiger partial charge is 0.389 e. The Labute approximate surface area is 242 Å². The Morgan fingerprint density at radius 1 is 1.00 bits per heavy atom. The molecular weight excluding hydrogens is 542 g/mol. The third kappa shape index (κ3) is 6.64. The van der Waals surface area contributed by atoms with Gasteiger partial charge in [-0.15, -0.1) is 11.3 Å². The van der Waals surface area contributed by atoms with Crippen LogP contribution in [-0.2, 0) is 11.2 Å². The van der Waals surface area contributed by atoms with Crippen LogP contribution in [0.25, 0.3) is 9.53 Å². The minimum absolute atomic E-state index is 0.117. The molecule has 8 nitrogen and oxygen atoms in total. The molecule has 10 heteroatoms. The molecule has 0 aliphatic carbocycles. The van der Waals surface area contributed by atoms with Crippen LogP contribution in [0, 0.1) is 0 Å². The molecule has 40 heavy (non-hydrogen) atoms. The number of amides is 1. The van der Waals surface area contributed by atoms with Crippen LogP contribution in [0.15, 0.2) is 60.7 Å². The summed E-state index contributed by atoms with van der Waals surface area (Å²) >= 11 is 3.01. The second-order valence-corrected chi connectivity index (χ2v) is 12.6. The summed E-state index contributed by atoms with van der Waals surface area (Å²) in [5.74, 6) is -0.117. The lowest BCUT2D eigenvalue weighted by atomic mass is 9.85. The summed E-state index contributed by atoms with van der Waals surface area (Å²) < 4.78 is 6.43. The number of carbonyl (C=O) groups excluding carboxylic acids is 1. The van der Waals surface area contributed by atoms with Gasteiger partial charge in [-0.05, 0) is 48.7 Å². The highest BCUT2D eigenvalue weighted by molar-refractivity contribution is 7.29. The Kier molecular flexibility index (Phi) is 8.31. The molecule has 2 aliphatic rings. The number of thiazole rings is 1. The highest BCUT2D eigenvalue weighted by atomic mass is 32.1. The van der Waals surface area contributed by atoms with Gasteiger partial charge in [-0.25, -0.2) is 4.98 Å². The number of aromatic nitrogens is 1. The van der Waals surface area contributed by atoms with Crippen molar-refractivity contribution in [2.24, 2.45) is 0 Å². The molecule has 6 rings (SSSR count). The highest BCUT2D eigenvalue weighted by Crippen LogP contribution is 2.34. The Balaban J connectivity index is 0.987. The minimum Gasteiger partial charge on any atom is -0.389 e. The number of nitrogens with one attached hydrogen (secondary N) is 2. The summed E-state index contributed by atoms with van der Waals surface area (Å²) in [5, 5.41) is 18.4. The number of fused-ring (bicyclic) bond motifs is 1. The van der Waals surface area contributed by atoms with E-state index < -0.39 is 5.60 Å². The predicted octanol–water partition coefficient (Wildman–Crippen LogP) is 4.93. The number of aliphatic hydroxyl groups is 1. The molecule has 2 aromatic carbocycles. The van der Waals surface area contributed by atoms with Crippen molar-refractivity contribution in [3.05, 3.63) is 71.1 Å². The lowest BCUT2D eigenvalue weighted by Gasteiger charge is -2.39. The van der Waals surface area contributed by atoms with Gasteiger partial charge in [-0.1, -0.05) is 41.7 Å². The van der Waals surface area contributed by atoms with Crippen molar-refractivity contribution in [1.82, 2.24) is 9.88 Å². The predicted molar refractivity (Wildman–Crippen MR) is 164 cm³/mol. The van der Waals surface area contributed by atoms with Crippen molar-refractivity contribution in [3.8, 4) is 0 Å². The van der Waals surface area contributed by atoms with Gasteiger partial charge in [0.05, 0.1) is 28.4 Å². The summed E-state index contributed by atoms with van der Waals surface area (Å²) in [6.07, 6.45) is 2.15. The monoisotopic (exact) mass is 577 g/mol.